The van der Waals surface area contributed by atoms with Crippen LogP contribution in [0.15, 0.2) is 84.9 Å². The van der Waals surface area contributed by atoms with Crippen molar-refractivity contribution in [2.24, 2.45) is 5.92 Å². The summed E-state index contributed by atoms with van der Waals surface area (Å²) in [7, 11) is 0. The van der Waals surface area contributed by atoms with Gasteiger partial charge in [0.1, 0.15) is 11.5 Å². The molecule has 1 fully saturated rings. The van der Waals surface area contributed by atoms with Crippen LogP contribution >= 0.6 is 23.2 Å². The number of hydrogen-bond donors (Lipinski definition) is 1. The monoisotopic (exact) mass is 490 g/mol. The maximum absolute atomic E-state index is 12.8. The number of fused-ring (bicyclic) bond motifs is 1. The number of ether oxygens (including phenoxy) is 1. The zero-order chi connectivity index (χ0) is 23.7. The van der Waals surface area contributed by atoms with E-state index in [1.807, 2.05) is 42.5 Å². The molecule has 1 saturated heterocycles. The molecule has 0 aliphatic carbocycles. The van der Waals surface area contributed by atoms with Crippen LogP contribution in [0.3, 0.4) is 0 Å². The largest absolute Gasteiger partial charge is 0.457 e. The van der Waals surface area contributed by atoms with Crippen LogP contribution in [-0.4, -0.2) is 18.4 Å². The van der Waals surface area contributed by atoms with E-state index in [9.17, 15) is 9.59 Å². The minimum Gasteiger partial charge on any atom is -0.457 e. The maximum Gasteiger partial charge on any atom is 0.229 e. The van der Waals surface area contributed by atoms with Crippen LogP contribution in [0.5, 0.6) is 11.5 Å². The van der Waals surface area contributed by atoms with E-state index < -0.39 is 5.92 Å². The summed E-state index contributed by atoms with van der Waals surface area (Å²) in [5.41, 5.74) is 1.14. The molecule has 2 amide bonds. The fourth-order valence-corrected chi connectivity index (χ4v) is 4.46. The number of nitrogens with one attached hydrogen (secondary N) is 1. The van der Waals surface area contributed by atoms with Gasteiger partial charge in [0.05, 0.1) is 16.6 Å². The molecule has 0 aromatic heterocycles. The predicted octanol–water partition coefficient (Wildman–Crippen LogP) is 6.93. The van der Waals surface area contributed by atoms with Gasteiger partial charge >= 0.3 is 0 Å². The van der Waals surface area contributed by atoms with E-state index in [-0.39, 0.29) is 24.8 Å². The van der Waals surface area contributed by atoms with E-state index in [2.05, 4.69) is 5.32 Å². The number of carbonyl (C=O) groups is 2. The molecule has 34 heavy (non-hydrogen) atoms. The van der Waals surface area contributed by atoms with Gasteiger partial charge in [0.15, 0.2) is 0 Å². The summed E-state index contributed by atoms with van der Waals surface area (Å²) in [5.74, 6) is 0.542. The van der Waals surface area contributed by atoms with Gasteiger partial charge in [-0.2, -0.15) is 0 Å². The first-order valence-electron chi connectivity index (χ1n) is 10.8. The van der Waals surface area contributed by atoms with Gasteiger partial charge in [-0.3, -0.25) is 9.59 Å². The number of anilines is 2. The molecule has 1 heterocycles. The molecule has 4 aromatic rings. The fourth-order valence-electron chi connectivity index (χ4n) is 4.07. The Hall–Kier alpha value is -3.54. The topological polar surface area (TPSA) is 58.6 Å². The predicted molar refractivity (Wildman–Crippen MR) is 136 cm³/mol. The lowest BCUT2D eigenvalue weighted by atomic mass is 10.1. The Morgan fingerprint density at radius 1 is 0.941 bits per heavy atom. The normalized spacial score (nSPS) is 15.5. The first-order chi connectivity index (χ1) is 16.5. The Labute approximate surface area is 206 Å². The molecular formula is C27H20Cl2N2O3. The van der Waals surface area contributed by atoms with Crippen molar-refractivity contribution >= 4 is 57.2 Å². The van der Waals surface area contributed by atoms with E-state index in [1.54, 1.807) is 42.5 Å². The molecule has 7 heteroatoms. The number of benzene rings is 4. The number of amides is 2. The van der Waals surface area contributed by atoms with Crippen LogP contribution < -0.4 is 15.0 Å². The van der Waals surface area contributed by atoms with E-state index in [4.69, 9.17) is 27.9 Å². The van der Waals surface area contributed by atoms with Crippen molar-refractivity contribution in [3.05, 3.63) is 95.0 Å². The Balaban J connectivity index is 1.25. The van der Waals surface area contributed by atoms with Gasteiger partial charge < -0.3 is 15.0 Å². The highest BCUT2D eigenvalue weighted by molar-refractivity contribution is 6.36. The molecule has 5 nitrogen and oxygen atoms in total. The van der Waals surface area contributed by atoms with Crippen LogP contribution in [-0.2, 0) is 9.59 Å². The molecule has 0 bridgehead atoms. The van der Waals surface area contributed by atoms with Gasteiger partial charge in [-0.15, -0.1) is 0 Å². The highest BCUT2D eigenvalue weighted by Gasteiger charge is 2.36. The molecule has 0 unspecified atom stereocenters. The fraction of sp³-hybridized carbons (Fsp3) is 0.111. The average molecular weight is 491 g/mol. The minimum absolute atomic E-state index is 0.108. The Morgan fingerprint density at radius 2 is 1.71 bits per heavy atom. The Kier molecular flexibility index (Phi) is 6.14. The van der Waals surface area contributed by atoms with Crippen molar-refractivity contribution in [2.75, 3.05) is 16.8 Å². The first-order valence-corrected chi connectivity index (χ1v) is 11.6. The van der Waals surface area contributed by atoms with Gasteiger partial charge in [-0.25, -0.2) is 0 Å². The van der Waals surface area contributed by atoms with Crippen molar-refractivity contribution in [2.45, 2.75) is 6.42 Å². The third kappa shape index (κ3) is 4.58. The van der Waals surface area contributed by atoms with E-state index in [0.29, 0.717) is 27.2 Å². The summed E-state index contributed by atoms with van der Waals surface area (Å²) in [4.78, 5) is 26.9. The smallest absolute Gasteiger partial charge is 0.229 e. The summed E-state index contributed by atoms with van der Waals surface area (Å²) in [6, 6.07) is 26.0. The number of nitrogens with zero attached hydrogens (tertiary/aromatic N) is 1. The summed E-state index contributed by atoms with van der Waals surface area (Å²) >= 11 is 12.3. The standard InChI is InChI=1S/C27H20Cl2N2O3/c28-19-8-13-23(29)24(15-19)31-16-18(14-26(31)32)27(33)30-20-9-11-21(12-10-20)34-25-7-3-5-17-4-1-2-6-22(17)25/h1-13,15,18H,14,16H2,(H,30,33)/t18-/m1/s1. The number of rotatable bonds is 5. The lowest BCUT2D eigenvalue weighted by molar-refractivity contribution is -0.122. The summed E-state index contributed by atoms with van der Waals surface area (Å²) in [6.45, 7) is 0.243. The van der Waals surface area contributed by atoms with Crippen molar-refractivity contribution in [3.63, 3.8) is 0 Å². The lowest BCUT2D eigenvalue weighted by Crippen LogP contribution is -2.28. The third-order valence-corrected chi connectivity index (χ3v) is 6.35. The summed E-state index contributed by atoms with van der Waals surface area (Å²) in [5, 5.41) is 5.91. The Morgan fingerprint density at radius 3 is 2.53 bits per heavy atom. The first kappa shape index (κ1) is 22.3. The Bertz CT molecular complexity index is 1380. The molecule has 170 valence electrons. The van der Waals surface area contributed by atoms with Crippen LogP contribution in [0.4, 0.5) is 11.4 Å². The molecule has 1 aliphatic heterocycles. The quantitative estimate of drug-likeness (QED) is 0.329. The number of hydrogen-bond acceptors (Lipinski definition) is 3. The van der Waals surface area contributed by atoms with E-state index in [1.165, 1.54) is 4.90 Å². The van der Waals surface area contributed by atoms with E-state index >= 15 is 0 Å². The third-order valence-electron chi connectivity index (χ3n) is 5.79. The van der Waals surface area contributed by atoms with Crippen molar-refractivity contribution in [1.82, 2.24) is 0 Å². The number of carbonyl (C=O) groups excluding carboxylic acids is 2. The lowest BCUT2D eigenvalue weighted by Gasteiger charge is -2.18. The zero-order valence-corrected chi connectivity index (χ0v) is 19.5. The molecule has 1 atom stereocenters. The van der Waals surface area contributed by atoms with Crippen LogP contribution in [0, 0.1) is 5.92 Å². The van der Waals surface area contributed by atoms with Crippen molar-refractivity contribution < 1.29 is 14.3 Å². The molecule has 0 radical (unpaired) electrons. The molecular weight excluding hydrogens is 471 g/mol. The van der Waals surface area contributed by atoms with Crippen LogP contribution in [0.1, 0.15) is 6.42 Å². The van der Waals surface area contributed by atoms with Crippen LogP contribution in [0.25, 0.3) is 10.8 Å². The van der Waals surface area contributed by atoms with Gasteiger partial charge in [-0.05, 0) is 53.9 Å². The van der Waals surface area contributed by atoms with Crippen molar-refractivity contribution in [3.8, 4) is 11.5 Å². The summed E-state index contributed by atoms with van der Waals surface area (Å²) in [6.07, 6.45) is 0.108. The molecule has 4 aromatic carbocycles. The second kappa shape index (κ2) is 9.37. The highest BCUT2D eigenvalue weighted by Crippen LogP contribution is 2.34. The zero-order valence-electron chi connectivity index (χ0n) is 18.0. The van der Waals surface area contributed by atoms with Crippen LogP contribution in [0.2, 0.25) is 10.0 Å². The molecule has 0 spiro atoms. The van der Waals surface area contributed by atoms with Gasteiger partial charge in [0.25, 0.3) is 0 Å². The second-order valence-electron chi connectivity index (χ2n) is 8.09. The average Bonchev–Trinajstić information content (AvgIpc) is 3.23. The maximum atomic E-state index is 12.8. The van der Waals surface area contributed by atoms with Gasteiger partial charge in [0.2, 0.25) is 11.8 Å². The van der Waals surface area contributed by atoms with Gasteiger partial charge in [-0.1, -0.05) is 59.6 Å². The second-order valence-corrected chi connectivity index (χ2v) is 8.94. The van der Waals surface area contributed by atoms with Gasteiger partial charge in [0, 0.05) is 29.1 Å². The SMILES string of the molecule is O=C(Nc1ccc(Oc2cccc3ccccc23)cc1)[C@@H]1CC(=O)N(c2cc(Cl)ccc2Cl)C1. The highest BCUT2D eigenvalue weighted by atomic mass is 35.5. The minimum atomic E-state index is -0.492. The van der Waals surface area contributed by atoms with E-state index in [0.717, 1.165) is 16.5 Å². The van der Waals surface area contributed by atoms with Crippen molar-refractivity contribution in [1.29, 1.82) is 0 Å². The molecule has 1 N–H and O–H groups in total. The molecule has 1 aliphatic rings. The summed E-state index contributed by atoms with van der Waals surface area (Å²) < 4.78 is 6.06. The number of halogens is 2. The molecule has 5 rings (SSSR count). The molecule has 0 saturated carbocycles.